The van der Waals surface area contributed by atoms with Gasteiger partial charge in [-0.05, 0) is 32.2 Å². The third kappa shape index (κ3) is 3.76. The van der Waals surface area contributed by atoms with Crippen LogP contribution in [0.15, 0.2) is 0 Å². The van der Waals surface area contributed by atoms with Crippen LogP contribution in [-0.2, 0) is 4.79 Å². The van der Waals surface area contributed by atoms with Crippen LogP contribution in [0, 0.1) is 5.92 Å². The number of nitrogens with one attached hydrogen (secondary N) is 1. The van der Waals surface area contributed by atoms with Gasteiger partial charge in [-0.3, -0.25) is 4.79 Å². The smallest absolute Gasteiger partial charge is 0.222 e. The number of aliphatic hydroxyl groups excluding tert-OH is 1. The molecule has 0 bridgehead atoms. The molecule has 1 fully saturated rings. The summed E-state index contributed by atoms with van der Waals surface area (Å²) in [4.78, 5) is 13.8. The van der Waals surface area contributed by atoms with Crippen LogP contribution < -0.4 is 5.32 Å². The van der Waals surface area contributed by atoms with E-state index in [1.807, 2.05) is 18.9 Å². The number of hydrogen-bond donors (Lipinski definition) is 2. The zero-order valence-corrected chi connectivity index (χ0v) is 10.4. The van der Waals surface area contributed by atoms with Crippen LogP contribution in [0.1, 0.15) is 32.6 Å². The number of carbonyl (C=O) groups excluding carboxylic acids is 1. The largest absolute Gasteiger partial charge is 0.396 e. The molecule has 1 saturated heterocycles. The van der Waals surface area contributed by atoms with Crippen LogP contribution in [0.2, 0.25) is 0 Å². The van der Waals surface area contributed by atoms with Crippen LogP contribution >= 0.6 is 0 Å². The molecule has 1 aliphatic rings. The lowest BCUT2D eigenvalue weighted by molar-refractivity contribution is -0.133. The van der Waals surface area contributed by atoms with E-state index < -0.39 is 0 Å². The Morgan fingerprint density at radius 3 is 2.81 bits per heavy atom. The van der Waals surface area contributed by atoms with Crippen molar-refractivity contribution in [1.29, 1.82) is 0 Å². The van der Waals surface area contributed by atoms with Gasteiger partial charge in [-0.15, -0.1) is 0 Å². The van der Waals surface area contributed by atoms with Crippen LogP contribution in [0.4, 0.5) is 0 Å². The van der Waals surface area contributed by atoms with Gasteiger partial charge in [0.05, 0.1) is 0 Å². The van der Waals surface area contributed by atoms with Gasteiger partial charge in [-0.1, -0.05) is 6.92 Å². The van der Waals surface area contributed by atoms with Crippen LogP contribution in [0.5, 0.6) is 0 Å². The molecule has 4 nitrogen and oxygen atoms in total. The van der Waals surface area contributed by atoms with Crippen molar-refractivity contribution in [3.8, 4) is 0 Å². The number of amides is 1. The summed E-state index contributed by atoms with van der Waals surface area (Å²) in [7, 11) is 1.94. The molecule has 1 aliphatic heterocycles. The van der Waals surface area contributed by atoms with Crippen molar-refractivity contribution in [3.63, 3.8) is 0 Å². The Hall–Kier alpha value is -0.610. The Balaban J connectivity index is 2.53. The van der Waals surface area contributed by atoms with E-state index in [1.54, 1.807) is 0 Å². The zero-order valence-electron chi connectivity index (χ0n) is 10.4. The number of carbonyl (C=O) groups is 1. The summed E-state index contributed by atoms with van der Waals surface area (Å²) in [6.45, 7) is 3.88. The van der Waals surface area contributed by atoms with Gasteiger partial charge in [-0.25, -0.2) is 0 Å². The average molecular weight is 228 g/mol. The number of piperidine rings is 1. The van der Waals surface area contributed by atoms with Gasteiger partial charge < -0.3 is 15.3 Å². The molecule has 2 unspecified atom stereocenters. The van der Waals surface area contributed by atoms with Crippen molar-refractivity contribution in [3.05, 3.63) is 0 Å². The minimum Gasteiger partial charge on any atom is -0.396 e. The lowest BCUT2D eigenvalue weighted by Crippen LogP contribution is -2.50. The Morgan fingerprint density at radius 2 is 2.25 bits per heavy atom. The van der Waals surface area contributed by atoms with Gasteiger partial charge in [0.1, 0.15) is 0 Å². The van der Waals surface area contributed by atoms with Crippen molar-refractivity contribution in [2.24, 2.45) is 5.92 Å². The van der Waals surface area contributed by atoms with Gasteiger partial charge in [0.2, 0.25) is 5.91 Å². The molecular formula is C12H24N2O2. The molecule has 1 heterocycles. The summed E-state index contributed by atoms with van der Waals surface area (Å²) in [5.41, 5.74) is 0. The first-order valence-electron chi connectivity index (χ1n) is 6.27. The summed E-state index contributed by atoms with van der Waals surface area (Å²) in [5, 5.41) is 12.2. The van der Waals surface area contributed by atoms with Crippen LogP contribution in [0.25, 0.3) is 0 Å². The summed E-state index contributed by atoms with van der Waals surface area (Å²) in [6, 6.07) is 0.381. The molecule has 4 heteroatoms. The molecule has 2 N–H and O–H groups in total. The van der Waals surface area contributed by atoms with E-state index in [4.69, 9.17) is 5.11 Å². The molecule has 0 saturated carbocycles. The summed E-state index contributed by atoms with van der Waals surface area (Å²) in [6.07, 6.45) is 3.41. The molecule has 0 radical (unpaired) electrons. The highest BCUT2D eigenvalue weighted by Gasteiger charge is 2.28. The first-order chi connectivity index (χ1) is 7.71. The second kappa shape index (κ2) is 6.86. The highest BCUT2D eigenvalue weighted by molar-refractivity contribution is 5.76. The van der Waals surface area contributed by atoms with Crippen LogP contribution in [0.3, 0.4) is 0 Å². The highest BCUT2D eigenvalue weighted by Crippen LogP contribution is 2.20. The fourth-order valence-electron chi connectivity index (χ4n) is 2.38. The lowest BCUT2D eigenvalue weighted by atomic mass is 9.91. The Kier molecular flexibility index (Phi) is 5.77. The Labute approximate surface area is 98.0 Å². The Bertz CT molecular complexity index is 221. The maximum atomic E-state index is 11.8. The maximum Gasteiger partial charge on any atom is 0.222 e. The number of likely N-dealkylation sites (N-methyl/N-ethyl adjacent to an activating group) is 1. The van der Waals surface area contributed by atoms with Crippen LogP contribution in [-0.4, -0.2) is 48.7 Å². The number of rotatable bonds is 5. The Morgan fingerprint density at radius 1 is 1.50 bits per heavy atom. The van der Waals surface area contributed by atoms with E-state index in [1.165, 1.54) is 0 Å². The monoisotopic (exact) mass is 228 g/mol. The molecule has 16 heavy (non-hydrogen) atoms. The third-order valence-corrected chi connectivity index (χ3v) is 3.30. The highest BCUT2D eigenvalue weighted by atomic mass is 16.3. The minimum absolute atomic E-state index is 0.219. The second-order valence-corrected chi connectivity index (χ2v) is 4.65. The van der Waals surface area contributed by atoms with Gasteiger partial charge in [0, 0.05) is 32.2 Å². The third-order valence-electron chi connectivity index (χ3n) is 3.30. The molecule has 0 aromatic rings. The number of likely N-dealkylation sites (tertiary alicyclic amines) is 1. The minimum atomic E-state index is 0.219. The van der Waals surface area contributed by atoms with E-state index in [0.717, 1.165) is 32.4 Å². The average Bonchev–Trinajstić information content (AvgIpc) is 2.29. The summed E-state index contributed by atoms with van der Waals surface area (Å²) >= 11 is 0. The van der Waals surface area contributed by atoms with Gasteiger partial charge in [-0.2, -0.15) is 0 Å². The number of aliphatic hydroxyl groups is 1. The molecule has 1 rings (SSSR count). The van der Waals surface area contributed by atoms with Gasteiger partial charge in [0.15, 0.2) is 0 Å². The number of hydrogen-bond acceptors (Lipinski definition) is 3. The molecule has 0 aromatic heterocycles. The van der Waals surface area contributed by atoms with Crippen molar-refractivity contribution in [2.45, 2.75) is 38.6 Å². The van der Waals surface area contributed by atoms with E-state index in [2.05, 4.69) is 5.32 Å². The van der Waals surface area contributed by atoms with Crippen molar-refractivity contribution in [1.82, 2.24) is 10.2 Å². The van der Waals surface area contributed by atoms with Crippen molar-refractivity contribution < 1.29 is 9.90 Å². The van der Waals surface area contributed by atoms with E-state index in [9.17, 15) is 4.79 Å². The molecule has 0 spiro atoms. The lowest BCUT2D eigenvalue weighted by Gasteiger charge is -2.37. The normalized spacial score (nSPS) is 25.8. The van der Waals surface area contributed by atoms with E-state index >= 15 is 0 Å². The molecule has 94 valence electrons. The fourth-order valence-corrected chi connectivity index (χ4v) is 2.38. The zero-order chi connectivity index (χ0) is 12.0. The first-order valence-corrected chi connectivity index (χ1v) is 6.27. The van der Waals surface area contributed by atoms with Gasteiger partial charge in [0.25, 0.3) is 0 Å². The second-order valence-electron chi connectivity index (χ2n) is 4.65. The van der Waals surface area contributed by atoms with Crippen molar-refractivity contribution >= 4 is 5.91 Å². The van der Waals surface area contributed by atoms with E-state index in [-0.39, 0.29) is 12.5 Å². The predicted molar refractivity (Wildman–Crippen MR) is 64.1 cm³/mol. The summed E-state index contributed by atoms with van der Waals surface area (Å²) in [5.74, 6) is 0.697. The maximum absolute atomic E-state index is 11.8. The first kappa shape index (κ1) is 13.5. The molecule has 1 amide bonds. The summed E-state index contributed by atoms with van der Waals surface area (Å²) < 4.78 is 0. The quantitative estimate of drug-likeness (QED) is 0.725. The topological polar surface area (TPSA) is 52.6 Å². The molecular weight excluding hydrogens is 204 g/mol. The standard InChI is InChI=1S/C12H24N2O2/c1-3-4-12(16)14-8-10(5-6-15)7-11(9-14)13-2/h10-11,13,15H,3-9H2,1-2H3. The SMILES string of the molecule is CCCC(=O)N1CC(CCO)CC(NC)C1. The molecule has 2 atom stereocenters. The predicted octanol–water partition coefficient (Wildman–Crippen LogP) is 0.605. The van der Waals surface area contributed by atoms with Crippen molar-refractivity contribution in [2.75, 3.05) is 26.7 Å². The molecule has 0 aliphatic carbocycles. The number of nitrogens with zero attached hydrogens (tertiary/aromatic N) is 1. The molecule has 0 aromatic carbocycles. The fraction of sp³-hybridized carbons (Fsp3) is 0.917. The van der Waals surface area contributed by atoms with E-state index in [0.29, 0.717) is 18.4 Å². The van der Waals surface area contributed by atoms with Gasteiger partial charge >= 0.3 is 0 Å².